The second kappa shape index (κ2) is 8.51. The van der Waals surface area contributed by atoms with Crippen molar-refractivity contribution in [2.75, 3.05) is 19.8 Å². The number of nitro benzene ring substituents is 1. The summed E-state index contributed by atoms with van der Waals surface area (Å²) in [5.74, 6) is -1.40. The van der Waals surface area contributed by atoms with Gasteiger partial charge in [-0.3, -0.25) is 29.4 Å². The van der Waals surface area contributed by atoms with Crippen molar-refractivity contribution in [2.45, 2.75) is 13.3 Å². The molecule has 150 valence electrons. The first-order valence-corrected chi connectivity index (χ1v) is 8.87. The lowest BCUT2D eigenvalue weighted by Gasteiger charge is -2.13. The topological polar surface area (TPSA) is 116 Å². The lowest BCUT2D eigenvalue weighted by atomic mass is 10.1. The van der Waals surface area contributed by atoms with Crippen LogP contribution >= 0.6 is 0 Å². The normalized spacial score (nSPS) is 12.7. The fourth-order valence-electron chi connectivity index (χ4n) is 2.90. The Balaban J connectivity index is 1.48. The van der Waals surface area contributed by atoms with Crippen LogP contribution in [0.25, 0.3) is 0 Å². The van der Waals surface area contributed by atoms with E-state index in [4.69, 9.17) is 9.47 Å². The standard InChI is InChI=1S/C20H18N2O7/c1-13-5-7-14(8-6-13)28-11-12-29-17(23)9-10-21-19(24)15-3-2-4-16(22(26)27)18(15)20(21)25/h2-8H,9-12H2,1H3. The lowest BCUT2D eigenvalue weighted by molar-refractivity contribution is -0.385. The number of benzene rings is 2. The van der Waals surface area contributed by atoms with E-state index in [9.17, 15) is 24.5 Å². The number of amides is 2. The third kappa shape index (κ3) is 4.40. The molecule has 2 amide bonds. The maximum absolute atomic E-state index is 12.4. The zero-order valence-corrected chi connectivity index (χ0v) is 15.6. The summed E-state index contributed by atoms with van der Waals surface area (Å²) in [6.07, 6.45) is -0.218. The minimum atomic E-state index is -0.784. The minimum absolute atomic E-state index is 0.0142. The molecule has 2 aromatic carbocycles. The van der Waals surface area contributed by atoms with E-state index in [1.807, 2.05) is 19.1 Å². The Morgan fingerprint density at radius 1 is 1.07 bits per heavy atom. The molecule has 1 aliphatic rings. The zero-order chi connectivity index (χ0) is 21.0. The molecule has 1 aliphatic heterocycles. The summed E-state index contributed by atoms with van der Waals surface area (Å²) in [6.45, 7) is 1.91. The van der Waals surface area contributed by atoms with E-state index in [-0.39, 0.29) is 37.3 Å². The SMILES string of the molecule is Cc1ccc(OCCOC(=O)CCN2C(=O)c3cccc([N+](=O)[O-])c3C2=O)cc1. The highest BCUT2D eigenvalue weighted by Crippen LogP contribution is 2.30. The number of carbonyl (C=O) groups excluding carboxylic acids is 3. The Morgan fingerprint density at radius 2 is 1.79 bits per heavy atom. The van der Waals surface area contributed by atoms with Gasteiger partial charge in [-0.1, -0.05) is 23.8 Å². The number of rotatable bonds is 8. The van der Waals surface area contributed by atoms with Crippen LogP contribution < -0.4 is 4.74 Å². The lowest BCUT2D eigenvalue weighted by Crippen LogP contribution is -2.32. The number of nitrogens with zero attached hydrogens (tertiary/aromatic N) is 2. The molecule has 9 nitrogen and oxygen atoms in total. The first-order valence-electron chi connectivity index (χ1n) is 8.87. The summed E-state index contributed by atoms with van der Waals surface area (Å²) >= 11 is 0. The monoisotopic (exact) mass is 398 g/mol. The van der Waals surface area contributed by atoms with Crippen LogP contribution in [0.4, 0.5) is 5.69 Å². The first-order chi connectivity index (χ1) is 13.9. The molecule has 0 aromatic heterocycles. The molecule has 1 heterocycles. The molecule has 3 rings (SSSR count). The maximum atomic E-state index is 12.4. The van der Waals surface area contributed by atoms with Gasteiger partial charge in [0, 0.05) is 12.6 Å². The van der Waals surface area contributed by atoms with E-state index in [0.717, 1.165) is 16.5 Å². The van der Waals surface area contributed by atoms with Crippen molar-refractivity contribution >= 4 is 23.5 Å². The van der Waals surface area contributed by atoms with Crippen molar-refractivity contribution in [3.63, 3.8) is 0 Å². The van der Waals surface area contributed by atoms with Gasteiger partial charge in [-0.05, 0) is 25.1 Å². The Labute approximate surface area is 166 Å². The van der Waals surface area contributed by atoms with Crippen molar-refractivity contribution in [1.29, 1.82) is 0 Å². The van der Waals surface area contributed by atoms with Crippen LogP contribution in [0.5, 0.6) is 5.75 Å². The second-order valence-electron chi connectivity index (χ2n) is 6.35. The van der Waals surface area contributed by atoms with Crippen LogP contribution in [0.15, 0.2) is 42.5 Å². The van der Waals surface area contributed by atoms with Crippen molar-refractivity contribution in [2.24, 2.45) is 0 Å². The zero-order valence-electron chi connectivity index (χ0n) is 15.6. The van der Waals surface area contributed by atoms with Gasteiger partial charge in [0.25, 0.3) is 17.5 Å². The van der Waals surface area contributed by atoms with E-state index in [1.54, 1.807) is 12.1 Å². The van der Waals surface area contributed by atoms with Crippen molar-refractivity contribution < 1.29 is 28.8 Å². The summed E-state index contributed by atoms with van der Waals surface area (Å²) in [4.78, 5) is 47.8. The smallest absolute Gasteiger partial charge is 0.307 e. The van der Waals surface area contributed by atoms with E-state index >= 15 is 0 Å². The van der Waals surface area contributed by atoms with E-state index in [0.29, 0.717) is 5.75 Å². The van der Waals surface area contributed by atoms with Crippen LogP contribution in [-0.2, 0) is 9.53 Å². The van der Waals surface area contributed by atoms with Crippen molar-refractivity contribution in [3.8, 4) is 5.75 Å². The van der Waals surface area contributed by atoms with Crippen LogP contribution in [0.1, 0.15) is 32.7 Å². The minimum Gasteiger partial charge on any atom is -0.490 e. The summed E-state index contributed by atoms with van der Waals surface area (Å²) in [5, 5.41) is 11.1. The fraction of sp³-hybridized carbons (Fsp3) is 0.250. The fourth-order valence-corrected chi connectivity index (χ4v) is 2.90. The van der Waals surface area contributed by atoms with Gasteiger partial charge in [0.05, 0.1) is 16.9 Å². The molecule has 29 heavy (non-hydrogen) atoms. The molecule has 0 radical (unpaired) electrons. The van der Waals surface area contributed by atoms with Crippen molar-refractivity contribution in [1.82, 2.24) is 4.90 Å². The Kier molecular flexibility index (Phi) is 5.87. The highest BCUT2D eigenvalue weighted by molar-refractivity contribution is 6.23. The molecular formula is C20H18N2O7. The Bertz CT molecular complexity index is 969. The van der Waals surface area contributed by atoms with Crippen LogP contribution in [-0.4, -0.2) is 47.4 Å². The largest absolute Gasteiger partial charge is 0.490 e. The quantitative estimate of drug-likeness (QED) is 0.220. The van der Waals surface area contributed by atoms with E-state index in [1.165, 1.54) is 12.1 Å². The van der Waals surface area contributed by atoms with Gasteiger partial charge in [-0.25, -0.2) is 0 Å². The van der Waals surface area contributed by atoms with Crippen LogP contribution in [0.2, 0.25) is 0 Å². The van der Waals surface area contributed by atoms with Gasteiger partial charge in [-0.2, -0.15) is 0 Å². The van der Waals surface area contributed by atoms with Crippen LogP contribution in [0, 0.1) is 17.0 Å². The summed E-state index contributed by atoms with van der Waals surface area (Å²) in [5.41, 5.74) is 0.382. The summed E-state index contributed by atoms with van der Waals surface area (Å²) in [6, 6.07) is 11.3. The second-order valence-corrected chi connectivity index (χ2v) is 6.35. The Morgan fingerprint density at radius 3 is 2.48 bits per heavy atom. The molecule has 0 bridgehead atoms. The van der Waals surface area contributed by atoms with Crippen LogP contribution in [0.3, 0.4) is 0 Å². The van der Waals surface area contributed by atoms with E-state index in [2.05, 4.69) is 0 Å². The summed E-state index contributed by atoms with van der Waals surface area (Å²) in [7, 11) is 0. The van der Waals surface area contributed by atoms with Gasteiger partial charge in [0.15, 0.2) is 0 Å². The van der Waals surface area contributed by atoms with Gasteiger partial charge in [0.2, 0.25) is 0 Å². The molecule has 0 saturated heterocycles. The number of ether oxygens (including phenoxy) is 2. The predicted molar refractivity (Wildman–Crippen MR) is 101 cm³/mol. The first kappa shape index (κ1) is 20.0. The average molecular weight is 398 g/mol. The highest BCUT2D eigenvalue weighted by Gasteiger charge is 2.40. The predicted octanol–water partition coefficient (Wildman–Crippen LogP) is 2.51. The third-order valence-corrected chi connectivity index (χ3v) is 4.35. The molecule has 9 heteroatoms. The molecule has 0 aliphatic carbocycles. The molecule has 0 saturated carbocycles. The maximum Gasteiger partial charge on any atom is 0.307 e. The number of carbonyl (C=O) groups is 3. The number of imide groups is 1. The summed E-state index contributed by atoms with van der Waals surface area (Å²) < 4.78 is 10.5. The number of nitro groups is 1. The van der Waals surface area contributed by atoms with Gasteiger partial charge >= 0.3 is 5.97 Å². The van der Waals surface area contributed by atoms with Gasteiger partial charge in [-0.15, -0.1) is 0 Å². The molecule has 2 aromatic rings. The average Bonchev–Trinajstić information content (AvgIpc) is 2.95. The van der Waals surface area contributed by atoms with E-state index < -0.39 is 28.4 Å². The molecular weight excluding hydrogens is 380 g/mol. The number of esters is 1. The molecule has 0 unspecified atom stereocenters. The number of aryl methyl sites for hydroxylation is 1. The number of fused-ring (bicyclic) bond motifs is 1. The molecule has 0 N–H and O–H groups in total. The van der Waals surface area contributed by atoms with Crippen molar-refractivity contribution in [3.05, 3.63) is 69.3 Å². The number of hydrogen-bond acceptors (Lipinski definition) is 7. The molecule has 0 atom stereocenters. The van der Waals surface area contributed by atoms with Gasteiger partial charge < -0.3 is 9.47 Å². The highest BCUT2D eigenvalue weighted by atomic mass is 16.6. The number of hydrogen-bond donors (Lipinski definition) is 0. The Hall–Kier alpha value is -3.75. The van der Waals surface area contributed by atoms with Gasteiger partial charge in [0.1, 0.15) is 24.5 Å². The molecule has 0 spiro atoms. The third-order valence-electron chi connectivity index (χ3n) is 4.35. The molecule has 0 fully saturated rings.